The molecule has 194 valence electrons. The molecule has 6 rings (SSSR count). The maximum Gasteiger partial charge on any atom is 0.226 e. The number of carbonyl (C=O) groups is 2. The zero-order valence-electron chi connectivity index (χ0n) is 20.4. The van der Waals surface area contributed by atoms with E-state index in [0.29, 0.717) is 44.1 Å². The Morgan fingerprint density at radius 2 is 2.17 bits per heavy atom. The number of hydroxylamine groups is 2. The van der Waals surface area contributed by atoms with Crippen molar-refractivity contribution in [2.75, 3.05) is 12.6 Å². The van der Waals surface area contributed by atoms with Crippen LogP contribution in [-0.4, -0.2) is 51.0 Å². The summed E-state index contributed by atoms with van der Waals surface area (Å²) in [7, 11) is 0. The normalized spacial score (nSPS) is 45.6. The molecule has 0 radical (unpaired) electrons. The summed E-state index contributed by atoms with van der Waals surface area (Å²) in [5.41, 5.74) is -4.49. The SMILES string of the molecule is C[C@]12C=CC(=O)C=C1CC[C@H]1[C@@H]3C[C@H]4CN(Cc5cccs5)O[C@@]4(C(=O)SCF)[C@@]3(C)C[C@H](O)[C@@]12F. The second kappa shape index (κ2) is 8.30. The van der Waals surface area contributed by atoms with Crippen LogP contribution in [0.3, 0.4) is 0 Å². The molecule has 9 heteroatoms. The lowest BCUT2D eigenvalue weighted by atomic mass is 9.45. The van der Waals surface area contributed by atoms with Crippen LogP contribution in [0.1, 0.15) is 44.4 Å². The van der Waals surface area contributed by atoms with E-state index in [2.05, 4.69) is 0 Å². The number of hydrogen-bond donors (Lipinski definition) is 1. The molecule has 0 spiro atoms. The highest BCUT2D eigenvalue weighted by atomic mass is 32.2. The van der Waals surface area contributed by atoms with Gasteiger partial charge < -0.3 is 5.11 Å². The van der Waals surface area contributed by atoms with E-state index >= 15 is 4.39 Å². The van der Waals surface area contributed by atoms with Crippen LogP contribution >= 0.6 is 23.1 Å². The van der Waals surface area contributed by atoms with Crippen LogP contribution in [0, 0.1) is 28.6 Å². The number of aliphatic hydroxyl groups excluding tert-OH is 1. The Labute approximate surface area is 217 Å². The minimum absolute atomic E-state index is 0.0389. The summed E-state index contributed by atoms with van der Waals surface area (Å²) in [5, 5.41) is 15.0. The molecule has 1 aromatic rings. The summed E-state index contributed by atoms with van der Waals surface area (Å²) in [5.74, 6) is -1.09. The van der Waals surface area contributed by atoms with Crippen molar-refractivity contribution in [1.29, 1.82) is 0 Å². The zero-order chi connectivity index (χ0) is 25.5. The average molecular weight is 536 g/mol. The number of alkyl halides is 2. The Morgan fingerprint density at radius 1 is 1.36 bits per heavy atom. The van der Waals surface area contributed by atoms with Gasteiger partial charge in [-0.2, -0.15) is 5.06 Å². The maximum absolute atomic E-state index is 17.4. The summed E-state index contributed by atoms with van der Waals surface area (Å²) in [6, 6.07) is 3.12. The van der Waals surface area contributed by atoms with Crippen molar-refractivity contribution in [3.8, 4) is 0 Å². The molecule has 0 unspecified atom stereocenters. The molecular weight excluding hydrogens is 504 g/mol. The first kappa shape index (κ1) is 24.9. The number of aliphatic hydroxyl groups is 1. The number of thioether (sulfide) groups is 1. The van der Waals surface area contributed by atoms with Gasteiger partial charge in [0, 0.05) is 34.1 Å². The van der Waals surface area contributed by atoms with Crippen molar-refractivity contribution < 1.29 is 28.3 Å². The number of allylic oxidation sites excluding steroid dienone is 4. The molecule has 5 nitrogen and oxygen atoms in total. The third-order valence-electron chi connectivity index (χ3n) is 10.1. The van der Waals surface area contributed by atoms with Gasteiger partial charge in [-0.15, -0.1) is 11.3 Å². The molecule has 0 bridgehead atoms. The van der Waals surface area contributed by atoms with Crippen LogP contribution in [0.15, 0.2) is 41.3 Å². The lowest BCUT2D eigenvalue weighted by Crippen LogP contribution is -2.69. The van der Waals surface area contributed by atoms with E-state index in [9.17, 15) is 19.1 Å². The lowest BCUT2D eigenvalue weighted by Gasteiger charge is -2.62. The summed E-state index contributed by atoms with van der Waals surface area (Å²) in [6.45, 7) is 4.75. The van der Waals surface area contributed by atoms with Crippen LogP contribution in [0.4, 0.5) is 8.78 Å². The van der Waals surface area contributed by atoms with E-state index in [1.54, 1.807) is 29.4 Å². The third kappa shape index (κ3) is 3.04. The molecule has 4 aliphatic carbocycles. The van der Waals surface area contributed by atoms with Crippen LogP contribution in [0.5, 0.6) is 0 Å². The molecule has 0 amide bonds. The highest BCUT2D eigenvalue weighted by molar-refractivity contribution is 8.13. The fourth-order valence-electron chi connectivity index (χ4n) is 8.50. The maximum atomic E-state index is 17.4. The number of nitrogens with zero attached hydrogens (tertiary/aromatic N) is 1. The molecule has 1 aliphatic heterocycles. The van der Waals surface area contributed by atoms with Gasteiger partial charge in [0.15, 0.2) is 17.1 Å². The Bertz CT molecular complexity index is 1160. The zero-order valence-corrected chi connectivity index (χ0v) is 22.0. The fourth-order valence-corrected chi connectivity index (χ4v) is 9.95. The number of halogens is 2. The molecule has 0 aromatic carbocycles. The first-order valence-electron chi connectivity index (χ1n) is 12.6. The minimum atomic E-state index is -1.97. The first-order valence-corrected chi connectivity index (χ1v) is 14.5. The molecule has 2 heterocycles. The van der Waals surface area contributed by atoms with Crippen molar-refractivity contribution in [3.63, 3.8) is 0 Å². The monoisotopic (exact) mass is 535 g/mol. The second-order valence-corrected chi connectivity index (χ2v) is 13.4. The molecule has 4 fully saturated rings. The van der Waals surface area contributed by atoms with Gasteiger partial charge in [0.2, 0.25) is 5.12 Å². The van der Waals surface area contributed by atoms with Gasteiger partial charge in [0.25, 0.3) is 0 Å². The summed E-state index contributed by atoms with van der Waals surface area (Å²) in [4.78, 5) is 33.4. The summed E-state index contributed by atoms with van der Waals surface area (Å²) < 4.78 is 30.9. The van der Waals surface area contributed by atoms with Crippen LogP contribution < -0.4 is 0 Å². The number of fused-ring (bicyclic) bond motifs is 7. The van der Waals surface area contributed by atoms with Gasteiger partial charge in [0.05, 0.1) is 12.6 Å². The molecule has 1 saturated heterocycles. The number of thiophene rings is 1. The molecule has 8 atom stereocenters. The van der Waals surface area contributed by atoms with Gasteiger partial charge in [-0.1, -0.05) is 36.4 Å². The van der Waals surface area contributed by atoms with E-state index < -0.39 is 40.1 Å². The molecule has 3 saturated carbocycles. The second-order valence-electron chi connectivity index (χ2n) is 11.5. The van der Waals surface area contributed by atoms with Crippen LogP contribution in [0.2, 0.25) is 0 Å². The topological polar surface area (TPSA) is 66.8 Å². The summed E-state index contributed by atoms with van der Waals surface area (Å²) >= 11 is 2.22. The molecule has 5 aliphatic rings. The molecular formula is C27H31F2NO4S2. The van der Waals surface area contributed by atoms with Gasteiger partial charge in [0.1, 0.15) is 6.01 Å². The quantitative estimate of drug-likeness (QED) is 0.584. The average Bonchev–Trinajstić information content (AvgIpc) is 3.52. The van der Waals surface area contributed by atoms with Crippen LogP contribution in [-0.2, 0) is 21.0 Å². The Balaban J connectivity index is 1.40. The standard InChI is InChI=1S/C27H31F2NO4S2/c1-24-8-7-18(31)10-16(24)5-6-20-21-11-17-13-30(14-19-4-3-9-35-19)34-27(17,23(33)36-15-28)25(21,2)12-22(32)26(20,24)29/h3-4,7-10,17,20-22,32H,5-6,11-15H2,1-2H3/t17-,20-,21-,22-,24-,25-,26-,27-/m0/s1. The van der Waals surface area contributed by atoms with Gasteiger partial charge in [-0.3, -0.25) is 14.4 Å². The largest absolute Gasteiger partial charge is 0.390 e. The number of ketones is 1. The predicted molar refractivity (Wildman–Crippen MR) is 134 cm³/mol. The van der Waals surface area contributed by atoms with E-state index in [0.717, 1.165) is 10.5 Å². The van der Waals surface area contributed by atoms with Crippen molar-refractivity contribution in [2.45, 2.75) is 63.4 Å². The van der Waals surface area contributed by atoms with E-state index in [4.69, 9.17) is 4.84 Å². The Morgan fingerprint density at radius 3 is 2.89 bits per heavy atom. The Hall–Kier alpha value is -1.39. The van der Waals surface area contributed by atoms with Gasteiger partial charge in [-0.05, 0) is 62.1 Å². The smallest absolute Gasteiger partial charge is 0.226 e. The summed E-state index contributed by atoms with van der Waals surface area (Å²) in [6.07, 6.45) is 4.89. The number of carbonyl (C=O) groups excluding carboxylic acids is 2. The number of hydrogen-bond acceptors (Lipinski definition) is 7. The molecule has 1 aromatic heterocycles. The minimum Gasteiger partial charge on any atom is -0.390 e. The van der Waals surface area contributed by atoms with Gasteiger partial charge >= 0.3 is 0 Å². The van der Waals surface area contributed by atoms with Crippen molar-refractivity contribution in [1.82, 2.24) is 5.06 Å². The van der Waals surface area contributed by atoms with Crippen molar-refractivity contribution in [3.05, 3.63) is 46.2 Å². The molecule has 36 heavy (non-hydrogen) atoms. The van der Waals surface area contributed by atoms with Crippen molar-refractivity contribution in [2.24, 2.45) is 28.6 Å². The van der Waals surface area contributed by atoms with E-state index in [-0.39, 0.29) is 29.2 Å². The fraction of sp³-hybridized carbons (Fsp3) is 0.630. The van der Waals surface area contributed by atoms with E-state index in [1.807, 2.05) is 24.4 Å². The number of rotatable bonds is 4. The highest BCUT2D eigenvalue weighted by Crippen LogP contribution is 2.73. The highest BCUT2D eigenvalue weighted by Gasteiger charge is 2.79. The molecule has 1 N–H and O–H groups in total. The van der Waals surface area contributed by atoms with E-state index in [1.165, 1.54) is 12.2 Å². The predicted octanol–water partition coefficient (Wildman–Crippen LogP) is 5.02. The third-order valence-corrected chi connectivity index (χ3v) is 11.6. The first-order chi connectivity index (χ1) is 17.1. The van der Waals surface area contributed by atoms with Crippen LogP contribution in [0.25, 0.3) is 0 Å². The lowest BCUT2D eigenvalue weighted by molar-refractivity contribution is -0.264. The van der Waals surface area contributed by atoms with Gasteiger partial charge in [-0.25, -0.2) is 8.78 Å². The Kier molecular flexibility index (Phi) is 5.75. The van der Waals surface area contributed by atoms with Crippen molar-refractivity contribution >= 4 is 34.0 Å².